The van der Waals surface area contributed by atoms with E-state index in [2.05, 4.69) is 5.32 Å². The lowest BCUT2D eigenvalue weighted by atomic mass is 9.92. The molecule has 76 valence electrons. The van der Waals surface area contributed by atoms with Crippen molar-refractivity contribution in [2.75, 3.05) is 13.7 Å². The summed E-state index contributed by atoms with van der Waals surface area (Å²) in [6.07, 6.45) is 4.33. The number of aliphatic hydroxyl groups is 1. The molecule has 0 spiro atoms. The Morgan fingerprint density at radius 1 is 1.54 bits per heavy atom. The van der Waals surface area contributed by atoms with Crippen LogP contribution in [0.5, 0.6) is 0 Å². The second kappa shape index (κ2) is 5.19. The van der Waals surface area contributed by atoms with Gasteiger partial charge in [0.25, 0.3) is 0 Å². The number of carbonyl (C=O) groups excluding carboxylic acids is 1. The Balaban J connectivity index is 2.40. The Morgan fingerprint density at radius 2 is 2.23 bits per heavy atom. The molecular formula is C9H17NO3. The van der Waals surface area contributed by atoms with Gasteiger partial charge in [0.15, 0.2) is 0 Å². The van der Waals surface area contributed by atoms with Crippen LogP contribution >= 0.6 is 0 Å². The first-order valence-electron chi connectivity index (χ1n) is 4.71. The molecule has 0 aromatic carbocycles. The standard InChI is InChI=1S/C9H17NO3/c1-13-8-5-3-2-4-7(8)10-9(12)6-11/h7-8,11H,2-6H2,1H3,(H,10,12). The molecular weight excluding hydrogens is 170 g/mol. The largest absolute Gasteiger partial charge is 0.387 e. The fourth-order valence-electron chi connectivity index (χ4n) is 1.80. The van der Waals surface area contributed by atoms with Crippen molar-refractivity contribution in [2.45, 2.75) is 37.8 Å². The summed E-state index contributed by atoms with van der Waals surface area (Å²) in [6.45, 7) is -0.438. The summed E-state index contributed by atoms with van der Waals surface area (Å²) >= 11 is 0. The molecule has 4 nitrogen and oxygen atoms in total. The van der Waals surface area contributed by atoms with Crippen LogP contribution in [-0.2, 0) is 9.53 Å². The first-order chi connectivity index (χ1) is 6.27. The van der Waals surface area contributed by atoms with Crippen molar-refractivity contribution in [1.82, 2.24) is 5.32 Å². The SMILES string of the molecule is COC1CCCCC1NC(=O)CO. The highest BCUT2D eigenvalue weighted by atomic mass is 16.5. The average molecular weight is 187 g/mol. The molecule has 1 aliphatic carbocycles. The molecule has 1 rings (SSSR count). The van der Waals surface area contributed by atoms with E-state index in [0.29, 0.717) is 0 Å². The van der Waals surface area contributed by atoms with Crippen LogP contribution in [0.2, 0.25) is 0 Å². The molecule has 13 heavy (non-hydrogen) atoms. The van der Waals surface area contributed by atoms with Crippen LogP contribution in [0.1, 0.15) is 25.7 Å². The van der Waals surface area contributed by atoms with Crippen molar-refractivity contribution in [3.05, 3.63) is 0 Å². The van der Waals surface area contributed by atoms with Crippen molar-refractivity contribution < 1.29 is 14.6 Å². The van der Waals surface area contributed by atoms with Gasteiger partial charge in [-0.25, -0.2) is 0 Å². The van der Waals surface area contributed by atoms with Crippen molar-refractivity contribution >= 4 is 5.91 Å². The van der Waals surface area contributed by atoms with Gasteiger partial charge in [0, 0.05) is 7.11 Å². The minimum atomic E-state index is -0.438. The summed E-state index contributed by atoms with van der Waals surface area (Å²) in [5.74, 6) is -0.311. The molecule has 0 aliphatic heterocycles. The monoisotopic (exact) mass is 187 g/mol. The molecule has 1 saturated carbocycles. The lowest BCUT2D eigenvalue weighted by Crippen LogP contribution is -2.46. The van der Waals surface area contributed by atoms with Crippen molar-refractivity contribution in [2.24, 2.45) is 0 Å². The summed E-state index contributed by atoms with van der Waals surface area (Å²) in [6, 6.07) is 0.0819. The third kappa shape index (κ3) is 2.97. The molecule has 0 radical (unpaired) electrons. The van der Waals surface area contributed by atoms with E-state index < -0.39 is 6.61 Å². The second-order valence-electron chi connectivity index (χ2n) is 3.39. The van der Waals surface area contributed by atoms with Gasteiger partial charge in [-0.3, -0.25) is 4.79 Å². The van der Waals surface area contributed by atoms with Gasteiger partial charge in [-0.2, -0.15) is 0 Å². The van der Waals surface area contributed by atoms with Gasteiger partial charge in [0.1, 0.15) is 6.61 Å². The number of carbonyl (C=O) groups is 1. The zero-order valence-electron chi connectivity index (χ0n) is 7.95. The Labute approximate surface area is 78.3 Å². The number of hydrogen-bond donors (Lipinski definition) is 2. The van der Waals surface area contributed by atoms with E-state index in [1.807, 2.05) is 0 Å². The van der Waals surface area contributed by atoms with Crippen LogP contribution < -0.4 is 5.32 Å². The van der Waals surface area contributed by atoms with Gasteiger partial charge >= 0.3 is 0 Å². The molecule has 1 fully saturated rings. The van der Waals surface area contributed by atoms with Crippen molar-refractivity contribution in [1.29, 1.82) is 0 Å². The van der Waals surface area contributed by atoms with Crippen LogP contribution in [0.25, 0.3) is 0 Å². The summed E-state index contributed by atoms with van der Waals surface area (Å²) in [7, 11) is 1.66. The molecule has 0 saturated heterocycles. The van der Waals surface area contributed by atoms with Gasteiger partial charge in [0.05, 0.1) is 12.1 Å². The van der Waals surface area contributed by atoms with E-state index in [4.69, 9.17) is 9.84 Å². The Bertz CT molecular complexity index is 172. The lowest BCUT2D eigenvalue weighted by Gasteiger charge is -2.30. The predicted molar refractivity (Wildman–Crippen MR) is 48.3 cm³/mol. The van der Waals surface area contributed by atoms with E-state index in [1.165, 1.54) is 0 Å². The second-order valence-corrected chi connectivity index (χ2v) is 3.39. The van der Waals surface area contributed by atoms with Gasteiger partial charge in [-0.15, -0.1) is 0 Å². The number of hydrogen-bond acceptors (Lipinski definition) is 3. The normalized spacial score (nSPS) is 28.5. The van der Waals surface area contributed by atoms with Gasteiger partial charge < -0.3 is 15.2 Å². The highest BCUT2D eigenvalue weighted by molar-refractivity contribution is 5.77. The molecule has 2 N–H and O–H groups in total. The lowest BCUT2D eigenvalue weighted by molar-refractivity contribution is -0.126. The average Bonchev–Trinajstić information content (AvgIpc) is 2.18. The Kier molecular flexibility index (Phi) is 4.18. The third-order valence-corrected chi connectivity index (χ3v) is 2.50. The number of aliphatic hydroxyl groups excluding tert-OH is 1. The molecule has 2 unspecified atom stereocenters. The fraction of sp³-hybridized carbons (Fsp3) is 0.889. The molecule has 0 heterocycles. The quantitative estimate of drug-likeness (QED) is 0.656. The molecule has 1 aliphatic rings. The number of amides is 1. The van der Waals surface area contributed by atoms with E-state index in [0.717, 1.165) is 25.7 Å². The molecule has 2 atom stereocenters. The summed E-state index contributed by atoms with van der Waals surface area (Å²) in [5.41, 5.74) is 0. The third-order valence-electron chi connectivity index (χ3n) is 2.50. The highest BCUT2D eigenvalue weighted by Crippen LogP contribution is 2.20. The maximum Gasteiger partial charge on any atom is 0.246 e. The smallest absolute Gasteiger partial charge is 0.246 e. The minimum Gasteiger partial charge on any atom is -0.387 e. The maximum atomic E-state index is 10.9. The van der Waals surface area contributed by atoms with Crippen LogP contribution in [-0.4, -0.2) is 36.9 Å². The summed E-state index contributed by atoms with van der Waals surface area (Å²) in [4.78, 5) is 10.9. The maximum absolute atomic E-state index is 10.9. The van der Waals surface area contributed by atoms with Crippen LogP contribution in [0.15, 0.2) is 0 Å². The van der Waals surface area contributed by atoms with E-state index >= 15 is 0 Å². The number of nitrogens with one attached hydrogen (secondary N) is 1. The predicted octanol–water partition coefficient (Wildman–Crippen LogP) is 0.0525. The van der Waals surface area contributed by atoms with Gasteiger partial charge in [-0.1, -0.05) is 12.8 Å². The molecule has 1 amide bonds. The van der Waals surface area contributed by atoms with Gasteiger partial charge in [0.2, 0.25) is 5.91 Å². The van der Waals surface area contributed by atoms with Crippen LogP contribution in [0.3, 0.4) is 0 Å². The Morgan fingerprint density at radius 3 is 2.85 bits per heavy atom. The Hall–Kier alpha value is -0.610. The van der Waals surface area contributed by atoms with Gasteiger partial charge in [-0.05, 0) is 12.8 Å². The minimum absolute atomic E-state index is 0.0819. The zero-order valence-corrected chi connectivity index (χ0v) is 7.95. The first kappa shape index (κ1) is 10.5. The highest BCUT2D eigenvalue weighted by Gasteiger charge is 2.25. The summed E-state index contributed by atoms with van der Waals surface area (Å²) in [5, 5.41) is 11.3. The van der Waals surface area contributed by atoms with Crippen molar-refractivity contribution in [3.63, 3.8) is 0 Å². The van der Waals surface area contributed by atoms with E-state index in [-0.39, 0.29) is 18.1 Å². The number of methoxy groups -OCH3 is 1. The zero-order chi connectivity index (χ0) is 9.68. The molecule has 0 aromatic heterocycles. The molecule has 4 heteroatoms. The van der Waals surface area contributed by atoms with Crippen LogP contribution in [0.4, 0.5) is 0 Å². The number of rotatable bonds is 3. The van der Waals surface area contributed by atoms with E-state index in [9.17, 15) is 4.79 Å². The van der Waals surface area contributed by atoms with E-state index in [1.54, 1.807) is 7.11 Å². The fourth-order valence-corrected chi connectivity index (χ4v) is 1.80. The number of ether oxygens (including phenoxy) is 1. The van der Waals surface area contributed by atoms with Crippen molar-refractivity contribution in [3.8, 4) is 0 Å². The molecule has 0 aromatic rings. The van der Waals surface area contributed by atoms with Crippen LogP contribution in [0, 0.1) is 0 Å². The molecule has 0 bridgehead atoms. The topological polar surface area (TPSA) is 58.6 Å². The first-order valence-corrected chi connectivity index (χ1v) is 4.71. The summed E-state index contributed by atoms with van der Waals surface area (Å²) < 4.78 is 5.25.